The van der Waals surface area contributed by atoms with Crippen LogP contribution in [0.15, 0.2) is 243 Å². The minimum atomic E-state index is 0.675. The lowest BCUT2D eigenvalue weighted by Gasteiger charge is -2.13. The molecule has 0 N–H and O–H groups in total. The number of fused-ring (bicyclic) bond motifs is 9. The van der Waals surface area contributed by atoms with Crippen LogP contribution in [0.3, 0.4) is 0 Å². The fourth-order valence-corrected chi connectivity index (χ4v) is 11.6. The normalized spacial score (nSPS) is 11.7. The van der Waals surface area contributed by atoms with Crippen molar-refractivity contribution < 1.29 is 0 Å². The smallest absolute Gasteiger partial charge is 0.160 e. The predicted octanol–water partition coefficient (Wildman–Crippen LogP) is 17.6. The molecule has 0 aliphatic heterocycles. The Bertz CT molecular complexity index is 4290. The molecule has 5 heteroatoms. The molecular weight excluding hydrogens is 869 g/mol. The SMILES string of the molecule is c1ccc(-c2ccc(-c3nc(-c4ccc(-c5cccc(-c6nc7cc8ccccc8cc7c7sc8ccccc8c67)c5)cc4)cc(-c4cccc(-n5c6ccccc6c6ccccc65)c4)n3)cc2)cc1. The first-order chi connectivity index (χ1) is 34.7. The zero-order valence-electron chi connectivity index (χ0n) is 37.8. The lowest BCUT2D eigenvalue weighted by Crippen LogP contribution is -1.98. The lowest BCUT2D eigenvalue weighted by atomic mass is 9.97. The van der Waals surface area contributed by atoms with E-state index < -0.39 is 0 Å². The van der Waals surface area contributed by atoms with Crippen molar-refractivity contribution in [3.63, 3.8) is 0 Å². The van der Waals surface area contributed by atoms with Gasteiger partial charge in [-0.1, -0.05) is 188 Å². The number of nitrogens with zero attached hydrogens (tertiary/aromatic N) is 4. The monoisotopic (exact) mass is 908 g/mol. The van der Waals surface area contributed by atoms with Gasteiger partial charge in [-0.3, -0.25) is 0 Å². The zero-order chi connectivity index (χ0) is 46.1. The molecule has 0 saturated carbocycles. The summed E-state index contributed by atoms with van der Waals surface area (Å²) < 4.78 is 4.90. The molecule has 0 atom stereocenters. The number of pyridine rings is 1. The summed E-state index contributed by atoms with van der Waals surface area (Å²) >= 11 is 1.86. The minimum absolute atomic E-state index is 0.675. The molecule has 4 heterocycles. The molecule has 0 unspecified atom stereocenters. The van der Waals surface area contributed by atoms with Crippen LogP contribution in [0.1, 0.15) is 0 Å². The van der Waals surface area contributed by atoms with E-state index in [-0.39, 0.29) is 0 Å². The van der Waals surface area contributed by atoms with Crippen LogP contribution in [0.5, 0.6) is 0 Å². The second-order valence-electron chi connectivity index (χ2n) is 18.0. The second-order valence-corrected chi connectivity index (χ2v) is 19.0. The number of hydrogen-bond donors (Lipinski definition) is 0. The van der Waals surface area contributed by atoms with E-state index >= 15 is 0 Å². The molecule has 70 heavy (non-hydrogen) atoms. The summed E-state index contributed by atoms with van der Waals surface area (Å²) in [5, 5.41) is 8.53. The average Bonchev–Trinajstić information content (AvgIpc) is 4.00. The number of benzene rings is 10. The van der Waals surface area contributed by atoms with Crippen molar-refractivity contribution in [3.05, 3.63) is 243 Å². The third-order valence-corrected chi connectivity index (χ3v) is 15.0. The van der Waals surface area contributed by atoms with Gasteiger partial charge in [0.1, 0.15) is 0 Å². The molecule has 0 fully saturated rings. The second kappa shape index (κ2) is 16.3. The molecule has 0 spiro atoms. The Kier molecular flexibility index (Phi) is 9.36. The lowest BCUT2D eigenvalue weighted by molar-refractivity contribution is 1.16. The summed E-state index contributed by atoms with van der Waals surface area (Å²) in [7, 11) is 0. The van der Waals surface area contributed by atoms with E-state index in [1.807, 2.05) is 17.4 Å². The largest absolute Gasteiger partial charge is 0.309 e. The first kappa shape index (κ1) is 40.1. The third kappa shape index (κ3) is 6.78. The molecule has 4 nitrogen and oxygen atoms in total. The van der Waals surface area contributed by atoms with Crippen LogP contribution in [-0.4, -0.2) is 19.5 Å². The quantitative estimate of drug-likeness (QED) is 0.150. The Hall–Kier alpha value is -9.03. The van der Waals surface area contributed by atoms with Gasteiger partial charge in [0.25, 0.3) is 0 Å². The average molecular weight is 909 g/mol. The van der Waals surface area contributed by atoms with Crippen molar-refractivity contribution in [2.75, 3.05) is 0 Å². The van der Waals surface area contributed by atoms with Crippen LogP contribution < -0.4 is 0 Å². The molecule has 0 radical (unpaired) electrons. The molecular formula is C65H40N4S. The minimum Gasteiger partial charge on any atom is -0.309 e. The van der Waals surface area contributed by atoms with E-state index in [4.69, 9.17) is 15.0 Å². The highest BCUT2D eigenvalue weighted by Gasteiger charge is 2.19. The number of thiophene rings is 1. The van der Waals surface area contributed by atoms with Crippen LogP contribution in [0.25, 0.3) is 137 Å². The van der Waals surface area contributed by atoms with E-state index in [0.29, 0.717) is 5.82 Å². The van der Waals surface area contributed by atoms with Gasteiger partial charge in [0.05, 0.1) is 33.6 Å². The summed E-state index contributed by atoms with van der Waals surface area (Å²) in [4.78, 5) is 16.0. The van der Waals surface area contributed by atoms with Crippen molar-refractivity contribution in [2.45, 2.75) is 0 Å². The van der Waals surface area contributed by atoms with Crippen LogP contribution in [0.2, 0.25) is 0 Å². The highest BCUT2D eigenvalue weighted by molar-refractivity contribution is 7.26. The van der Waals surface area contributed by atoms with Gasteiger partial charge in [-0.15, -0.1) is 11.3 Å². The van der Waals surface area contributed by atoms with Crippen LogP contribution >= 0.6 is 11.3 Å². The van der Waals surface area contributed by atoms with Gasteiger partial charge in [-0.2, -0.15) is 0 Å². The van der Waals surface area contributed by atoms with Gasteiger partial charge in [0.2, 0.25) is 0 Å². The fourth-order valence-electron chi connectivity index (χ4n) is 10.4. The topological polar surface area (TPSA) is 43.6 Å². The predicted molar refractivity (Wildman–Crippen MR) is 295 cm³/mol. The van der Waals surface area contributed by atoms with Crippen molar-refractivity contribution in [1.82, 2.24) is 19.5 Å². The molecule has 0 aliphatic rings. The summed E-state index contributed by atoms with van der Waals surface area (Å²) in [6.07, 6.45) is 0. The van der Waals surface area contributed by atoms with Gasteiger partial charge < -0.3 is 4.57 Å². The maximum absolute atomic E-state index is 5.46. The summed E-state index contributed by atoms with van der Waals surface area (Å²) in [5.74, 6) is 0.675. The number of aromatic nitrogens is 4. The molecule has 14 aromatic rings. The van der Waals surface area contributed by atoms with E-state index in [1.165, 1.54) is 63.7 Å². The Balaban J connectivity index is 0.870. The van der Waals surface area contributed by atoms with Gasteiger partial charge in [-0.25, -0.2) is 15.0 Å². The molecule has 0 bridgehead atoms. The molecule has 4 aromatic heterocycles. The summed E-state index contributed by atoms with van der Waals surface area (Å²) in [6, 6.07) is 86.7. The molecule has 0 saturated heterocycles. The number of para-hydroxylation sites is 2. The van der Waals surface area contributed by atoms with Gasteiger partial charge in [0.15, 0.2) is 5.82 Å². The van der Waals surface area contributed by atoms with Crippen LogP contribution in [0.4, 0.5) is 0 Å². The third-order valence-electron chi connectivity index (χ3n) is 13.8. The van der Waals surface area contributed by atoms with Gasteiger partial charge >= 0.3 is 0 Å². The van der Waals surface area contributed by atoms with Crippen molar-refractivity contribution in [2.24, 2.45) is 0 Å². The Morgan fingerprint density at radius 3 is 1.63 bits per heavy atom. The maximum Gasteiger partial charge on any atom is 0.160 e. The number of rotatable bonds is 7. The molecule has 0 aliphatic carbocycles. The van der Waals surface area contributed by atoms with Crippen molar-refractivity contribution >= 4 is 75.0 Å². The molecule has 326 valence electrons. The van der Waals surface area contributed by atoms with Gasteiger partial charge in [-0.05, 0) is 87.6 Å². The first-order valence-corrected chi connectivity index (χ1v) is 24.5. The molecule has 14 rings (SSSR count). The van der Waals surface area contributed by atoms with Crippen molar-refractivity contribution in [1.29, 1.82) is 0 Å². The highest BCUT2D eigenvalue weighted by Crippen LogP contribution is 2.44. The summed E-state index contributed by atoms with van der Waals surface area (Å²) in [6.45, 7) is 0. The first-order valence-electron chi connectivity index (χ1n) is 23.7. The number of hydrogen-bond acceptors (Lipinski definition) is 4. The van der Waals surface area contributed by atoms with Gasteiger partial charge in [0, 0.05) is 64.3 Å². The Morgan fingerprint density at radius 2 is 0.871 bits per heavy atom. The van der Waals surface area contributed by atoms with E-state index in [0.717, 1.165) is 67.2 Å². The van der Waals surface area contributed by atoms with E-state index in [1.54, 1.807) is 0 Å². The van der Waals surface area contributed by atoms with Crippen LogP contribution in [0, 0.1) is 0 Å². The molecule has 0 amide bonds. The molecule has 10 aromatic carbocycles. The zero-order valence-corrected chi connectivity index (χ0v) is 38.6. The Labute approximate surface area is 408 Å². The van der Waals surface area contributed by atoms with E-state index in [2.05, 4.69) is 241 Å². The van der Waals surface area contributed by atoms with Crippen LogP contribution in [-0.2, 0) is 0 Å². The standard InChI is InChI=1S/C65H40N4S/c1-2-14-41(15-3-1)42-30-34-45(35-31-42)65-67-56(40-57(68-65)49-19-13-21-51(37-49)69-59-25-9-6-22-52(59)53-23-7-10-26-60(53)69)44-32-28-43(29-33-44)46-18-12-20-50(36-46)63-62-54-24-8-11-27-61(54)70-64(62)55-38-47-16-4-5-17-48(47)39-58(55)66-63/h1-40H. The maximum atomic E-state index is 5.46. The summed E-state index contributed by atoms with van der Waals surface area (Å²) in [5.41, 5.74) is 15.8. The van der Waals surface area contributed by atoms with Crippen molar-refractivity contribution in [3.8, 4) is 73.1 Å². The Morgan fingerprint density at radius 1 is 0.329 bits per heavy atom. The van der Waals surface area contributed by atoms with E-state index in [9.17, 15) is 0 Å². The highest BCUT2D eigenvalue weighted by atomic mass is 32.1. The fraction of sp³-hybridized carbons (Fsp3) is 0.